The summed E-state index contributed by atoms with van der Waals surface area (Å²) in [5, 5.41) is 3.32. The molecule has 2 aromatic rings. The molecule has 0 saturated carbocycles. The largest absolute Gasteiger partial charge is 0.347 e. The van der Waals surface area contributed by atoms with Crippen LogP contribution in [0.1, 0.15) is 38.1 Å². The van der Waals surface area contributed by atoms with Gasteiger partial charge in [0.15, 0.2) is 0 Å². The van der Waals surface area contributed by atoms with E-state index in [2.05, 4.69) is 15.3 Å². The van der Waals surface area contributed by atoms with Gasteiger partial charge >= 0.3 is 0 Å². The molecule has 1 N–H and O–H groups in total. The standard InChI is InChI=1S/C18H21FN4O/c1-10-7-8-20-18(21-10)22-17-11(2)12(3)23(13(4)24)16-6-5-14(19)9-15(16)17/h5-9,11-12,17H,1-4H3,(H,20,21,22)/t11-,12-,17+/m0/s1. The zero-order valence-corrected chi connectivity index (χ0v) is 14.2. The Kier molecular flexibility index (Phi) is 4.22. The highest BCUT2D eigenvalue weighted by molar-refractivity contribution is 5.93. The molecular formula is C18H21FN4O. The van der Waals surface area contributed by atoms with E-state index in [1.165, 1.54) is 19.1 Å². The first-order valence-electron chi connectivity index (χ1n) is 8.04. The summed E-state index contributed by atoms with van der Waals surface area (Å²) in [5.74, 6) is 0.196. The topological polar surface area (TPSA) is 58.1 Å². The normalized spacial score (nSPS) is 22.9. The van der Waals surface area contributed by atoms with Crippen LogP contribution < -0.4 is 10.2 Å². The number of aromatic nitrogens is 2. The van der Waals surface area contributed by atoms with Crippen molar-refractivity contribution in [3.63, 3.8) is 0 Å². The van der Waals surface area contributed by atoms with Crippen molar-refractivity contribution in [1.82, 2.24) is 9.97 Å². The molecule has 0 spiro atoms. The first-order chi connectivity index (χ1) is 11.4. The van der Waals surface area contributed by atoms with Gasteiger partial charge in [-0.05, 0) is 38.1 Å². The number of rotatable bonds is 2. The Balaban J connectivity index is 2.07. The summed E-state index contributed by atoms with van der Waals surface area (Å²) >= 11 is 0. The monoisotopic (exact) mass is 328 g/mol. The third kappa shape index (κ3) is 2.84. The second kappa shape index (κ2) is 6.19. The fourth-order valence-electron chi connectivity index (χ4n) is 3.33. The molecule has 2 heterocycles. The molecule has 1 aliphatic rings. The summed E-state index contributed by atoms with van der Waals surface area (Å²) in [5.41, 5.74) is 2.34. The van der Waals surface area contributed by atoms with Gasteiger partial charge in [-0.3, -0.25) is 4.79 Å². The van der Waals surface area contributed by atoms with Gasteiger partial charge in [-0.15, -0.1) is 0 Å². The smallest absolute Gasteiger partial charge is 0.224 e. The minimum atomic E-state index is -0.323. The molecular weight excluding hydrogens is 307 g/mol. The van der Waals surface area contributed by atoms with E-state index in [-0.39, 0.29) is 29.7 Å². The lowest BCUT2D eigenvalue weighted by Crippen LogP contribution is -2.48. The number of benzene rings is 1. The van der Waals surface area contributed by atoms with Crippen LogP contribution in [0.4, 0.5) is 16.0 Å². The van der Waals surface area contributed by atoms with E-state index in [1.54, 1.807) is 17.2 Å². The summed E-state index contributed by atoms with van der Waals surface area (Å²) in [6.07, 6.45) is 1.69. The third-order valence-electron chi connectivity index (χ3n) is 4.70. The lowest BCUT2D eigenvalue weighted by molar-refractivity contribution is -0.117. The van der Waals surface area contributed by atoms with Crippen molar-refractivity contribution in [2.24, 2.45) is 5.92 Å². The molecule has 1 aromatic carbocycles. The summed E-state index contributed by atoms with van der Waals surface area (Å²) in [6.45, 7) is 7.48. The maximum absolute atomic E-state index is 13.9. The number of carbonyl (C=O) groups is 1. The van der Waals surface area contributed by atoms with Crippen molar-refractivity contribution in [3.8, 4) is 0 Å². The fourth-order valence-corrected chi connectivity index (χ4v) is 3.33. The zero-order valence-electron chi connectivity index (χ0n) is 14.2. The molecule has 24 heavy (non-hydrogen) atoms. The lowest BCUT2D eigenvalue weighted by Gasteiger charge is -2.43. The van der Waals surface area contributed by atoms with Gasteiger partial charge in [-0.25, -0.2) is 14.4 Å². The van der Waals surface area contributed by atoms with Crippen molar-refractivity contribution >= 4 is 17.5 Å². The molecule has 3 rings (SSSR count). The molecule has 3 atom stereocenters. The van der Waals surface area contributed by atoms with Crippen molar-refractivity contribution in [2.45, 2.75) is 39.8 Å². The number of carbonyl (C=O) groups excluding carboxylic acids is 1. The number of aryl methyl sites for hydroxylation is 1. The zero-order chi connectivity index (χ0) is 17.4. The minimum absolute atomic E-state index is 0.0252. The number of hydrogen-bond acceptors (Lipinski definition) is 4. The Morgan fingerprint density at radius 1 is 1.29 bits per heavy atom. The molecule has 1 amide bonds. The van der Waals surface area contributed by atoms with Gasteiger partial charge in [-0.1, -0.05) is 6.92 Å². The Hall–Kier alpha value is -2.50. The van der Waals surface area contributed by atoms with Crippen molar-refractivity contribution in [1.29, 1.82) is 0 Å². The Morgan fingerprint density at radius 2 is 2.04 bits per heavy atom. The molecule has 5 nitrogen and oxygen atoms in total. The van der Waals surface area contributed by atoms with Gasteiger partial charge in [-0.2, -0.15) is 0 Å². The summed E-state index contributed by atoms with van der Waals surface area (Å²) in [6, 6.07) is 6.16. The Labute approximate surface area is 140 Å². The fraction of sp³-hybridized carbons (Fsp3) is 0.389. The molecule has 1 aliphatic heterocycles. The van der Waals surface area contributed by atoms with Gasteiger partial charge in [0.1, 0.15) is 5.82 Å². The predicted molar refractivity (Wildman–Crippen MR) is 91.3 cm³/mol. The first kappa shape index (κ1) is 16.4. The molecule has 6 heteroatoms. The number of hydrogen-bond donors (Lipinski definition) is 1. The number of amides is 1. The molecule has 0 radical (unpaired) electrons. The highest BCUT2D eigenvalue weighted by atomic mass is 19.1. The van der Waals surface area contributed by atoms with Crippen LogP contribution in [-0.4, -0.2) is 21.9 Å². The van der Waals surface area contributed by atoms with Crippen LogP contribution in [0.15, 0.2) is 30.5 Å². The van der Waals surface area contributed by atoms with Crippen LogP contribution in [-0.2, 0) is 4.79 Å². The molecule has 0 saturated heterocycles. The van der Waals surface area contributed by atoms with Crippen molar-refractivity contribution in [3.05, 3.63) is 47.5 Å². The number of anilines is 2. The number of nitrogens with zero attached hydrogens (tertiary/aromatic N) is 3. The van der Waals surface area contributed by atoms with E-state index in [4.69, 9.17) is 0 Å². The lowest BCUT2D eigenvalue weighted by atomic mass is 9.83. The van der Waals surface area contributed by atoms with E-state index in [0.29, 0.717) is 5.95 Å². The van der Waals surface area contributed by atoms with Crippen LogP contribution in [0.3, 0.4) is 0 Å². The molecule has 0 aliphatic carbocycles. The number of fused-ring (bicyclic) bond motifs is 1. The Bertz CT molecular complexity index is 779. The van der Waals surface area contributed by atoms with Crippen LogP contribution >= 0.6 is 0 Å². The van der Waals surface area contributed by atoms with Crippen molar-refractivity contribution < 1.29 is 9.18 Å². The van der Waals surface area contributed by atoms with E-state index < -0.39 is 0 Å². The van der Waals surface area contributed by atoms with Gasteiger partial charge in [0.05, 0.1) is 6.04 Å². The maximum Gasteiger partial charge on any atom is 0.224 e. The number of nitrogens with one attached hydrogen (secondary N) is 1. The maximum atomic E-state index is 13.9. The SMILES string of the molecule is CC(=O)N1c2ccc(F)cc2[C@H](Nc2nccc(C)n2)[C@@H](C)[C@@H]1C. The second-order valence-electron chi connectivity index (χ2n) is 6.34. The molecule has 1 aromatic heterocycles. The van der Waals surface area contributed by atoms with Gasteiger partial charge in [0, 0.05) is 42.0 Å². The average molecular weight is 328 g/mol. The van der Waals surface area contributed by atoms with E-state index in [0.717, 1.165) is 16.9 Å². The number of halogens is 1. The van der Waals surface area contributed by atoms with E-state index in [9.17, 15) is 9.18 Å². The van der Waals surface area contributed by atoms with Crippen LogP contribution in [0, 0.1) is 18.7 Å². The van der Waals surface area contributed by atoms with E-state index in [1.807, 2.05) is 26.8 Å². The van der Waals surface area contributed by atoms with Gasteiger partial charge in [0.25, 0.3) is 0 Å². The molecule has 0 unspecified atom stereocenters. The second-order valence-corrected chi connectivity index (χ2v) is 6.34. The minimum Gasteiger partial charge on any atom is -0.347 e. The Morgan fingerprint density at radius 3 is 2.71 bits per heavy atom. The van der Waals surface area contributed by atoms with E-state index >= 15 is 0 Å². The average Bonchev–Trinajstić information content (AvgIpc) is 2.52. The summed E-state index contributed by atoms with van der Waals surface area (Å²) in [4.78, 5) is 22.5. The molecule has 0 fully saturated rings. The highest BCUT2D eigenvalue weighted by Crippen LogP contribution is 2.42. The third-order valence-corrected chi connectivity index (χ3v) is 4.70. The van der Waals surface area contributed by atoms with Gasteiger partial charge in [0.2, 0.25) is 11.9 Å². The first-order valence-corrected chi connectivity index (χ1v) is 8.04. The quantitative estimate of drug-likeness (QED) is 0.917. The molecule has 0 bridgehead atoms. The van der Waals surface area contributed by atoms with Crippen LogP contribution in [0.5, 0.6) is 0 Å². The summed E-state index contributed by atoms with van der Waals surface area (Å²) in [7, 11) is 0. The summed E-state index contributed by atoms with van der Waals surface area (Å²) < 4.78 is 13.9. The van der Waals surface area contributed by atoms with Crippen LogP contribution in [0.25, 0.3) is 0 Å². The predicted octanol–water partition coefficient (Wildman–Crippen LogP) is 3.47. The molecule has 126 valence electrons. The van der Waals surface area contributed by atoms with Crippen molar-refractivity contribution in [2.75, 3.05) is 10.2 Å². The van der Waals surface area contributed by atoms with Crippen LogP contribution in [0.2, 0.25) is 0 Å². The highest BCUT2D eigenvalue weighted by Gasteiger charge is 2.38. The van der Waals surface area contributed by atoms with Gasteiger partial charge < -0.3 is 10.2 Å².